The van der Waals surface area contributed by atoms with Gasteiger partial charge < -0.3 is 9.73 Å². The molecule has 0 saturated heterocycles. The summed E-state index contributed by atoms with van der Waals surface area (Å²) in [4.78, 5) is 17.2. The lowest BCUT2D eigenvalue weighted by Gasteiger charge is -2.08. The Morgan fingerprint density at radius 3 is 2.70 bits per heavy atom. The van der Waals surface area contributed by atoms with Gasteiger partial charge in [-0.15, -0.1) is 0 Å². The second-order valence-electron chi connectivity index (χ2n) is 7.21. The SMILES string of the molecule is CC[C@H](C)c1ccc2oc(-c3cccc(NC(=O)c4ccc(Cl)cc4Cl)c3)nc2c1. The number of anilines is 1. The van der Waals surface area contributed by atoms with Gasteiger partial charge in [0.15, 0.2) is 5.58 Å². The molecule has 1 heterocycles. The minimum Gasteiger partial charge on any atom is -0.436 e. The van der Waals surface area contributed by atoms with E-state index in [1.165, 1.54) is 5.56 Å². The molecule has 4 rings (SSSR count). The van der Waals surface area contributed by atoms with Crippen molar-refractivity contribution in [1.82, 2.24) is 4.98 Å². The van der Waals surface area contributed by atoms with Gasteiger partial charge in [0.05, 0.1) is 10.6 Å². The number of halogens is 2. The summed E-state index contributed by atoms with van der Waals surface area (Å²) < 4.78 is 5.94. The number of rotatable bonds is 5. The van der Waals surface area contributed by atoms with Gasteiger partial charge in [-0.1, -0.05) is 49.2 Å². The van der Waals surface area contributed by atoms with Crippen molar-refractivity contribution in [3.63, 3.8) is 0 Å². The van der Waals surface area contributed by atoms with Crippen molar-refractivity contribution in [1.29, 1.82) is 0 Å². The van der Waals surface area contributed by atoms with Crippen LogP contribution in [0.5, 0.6) is 0 Å². The lowest BCUT2D eigenvalue weighted by Crippen LogP contribution is -2.12. The van der Waals surface area contributed by atoms with Crippen molar-refractivity contribution < 1.29 is 9.21 Å². The van der Waals surface area contributed by atoms with Crippen LogP contribution >= 0.6 is 23.2 Å². The molecule has 0 saturated carbocycles. The Morgan fingerprint density at radius 2 is 1.93 bits per heavy atom. The maximum atomic E-state index is 12.6. The Bertz CT molecular complexity index is 1230. The van der Waals surface area contributed by atoms with E-state index < -0.39 is 0 Å². The summed E-state index contributed by atoms with van der Waals surface area (Å²) in [6.07, 6.45) is 1.07. The Hall–Kier alpha value is -2.82. The van der Waals surface area contributed by atoms with Crippen LogP contribution in [0.15, 0.2) is 65.1 Å². The van der Waals surface area contributed by atoms with Gasteiger partial charge in [0, 0.05) is 16.3 Å². The van der Waals surface area contributed by atoms with Gasteiger partial charge in [-0.2, -0.15) is 0 Å². The molecule has 30 heavy (non-hydrogen) atoms. The molecule has 152 valence electrons. The molecule has 0 unspecified atom stereocenters. The molecule has 0 aliphatic heterocycles. The number of aromatic nitrogens is 1. The predicted octanol–water partition coefficient (Wildman–Crippen LogP) is 7.57. The van der Waals surface area contributed by atoms with E-state index in [0.29, 0.717) is 33.1 Å². The monoisotopic (exact) mass is 438 g/mol. The molecule has 4 aromatic rings. The first-order chi connectivity index (χ1) is 14.4. The number of nitrogens with one attached hydrogen (secondary N) is 1. The smallest absolute Gasteiger partial charge is 0.257 e. The Balaban J connectivity index is 1.60. The topological polar surface area (TPSA) is 55.1 Å². The van der Waals surface area contributed by atoms with E-state index in [-0.39, 0.29) is 5.91 Å². The van der Waals surface area contributed by atoms with Gasteiger partial charge in [0.1, 0.15) is 5.52 Å². The fraction of sp³-hybridized carbons (Fsp3) is 0.167. The fourth-order valence-electron chi connectivity index (χ4n) is 3.21. The summed E-state index contributed by atoms with van der Waals surface area (Å²) in [5, 5.41) is 3.63. The number of hydrogen-bond acceptors (Lipinski definition) is 3. The molecule has 0 radical (unpaired) electrons. The van der Waals surface area contributed by atoms with Crippen LogP contribution in [0.4, 0.5) is 5.69 Å². The number of oxazole rings is 1. The van der Waals surface area contributed by atoms with Gasteiger partial charge in [-0.3, -0.25) is 4.79 Å². The molecule has 1 amide bonds. The first-order valence-corrected chi connectivity index (χ1v) is 10.5. The average molecular weight is 439 g/mol. The van der Waals surface area contributed by atoms with Crippen LogP contribution in [0, 0.1) is 0 Å². The molecule has 6 heteroatoms. The summed E-state index contributed by atoms with van der Waals surface area (Å²) in [5.41, 5.74) is 4.54. The first kappa shape index (κ1) is 20.5. The number of carbonyl (C=O) groups is 1. The predicted molar refractivity (Wildman–Crippen MR) is 123 cm³/mol. The zero-order valence-corrected chi connectivity index (χ0v) is 18.1. The van der Waals surface area contributed by atoms with Crippen LogP contribution in [0.3, 0.4) is 0 Å². The van der Waals surface area contributed by atoms with Crippen molar-refractivity contribution >= 4 is 45.9 Å². The maximum Gasteiger partial charge on any atom is 0.257 e. The van der Waals surface area contributed by atoms with Crippen molar-refractivity contribution in [2.75, 3.05) is 5.32 Å². The van der Waals surface area contributed by atoms with Gasteiger partial charge >= 0.3 is 0 Å². The van der Waals surface area contributed by atoms with Crippen LogP contribution in [0.25, 0.3) is 22.6 Å². The van der Waals surface area contributed by atoms with Crippen LogP contribution in [0.1, 0.15) is 42.1 Å². The Labute approximate surface area is 184 Å². The highest BCUT2D eigenvalue weighted by atomic mass is 35.5. The zero-order valence-electron chi connectivity index (χ0n) is 16.6. The van der Waals surface area contributed by atoms with Gasteiger partial charge in [0.25, 0.3) is 5.91 Å². The van der Waals surface area contributed by atoms with E-state index in [9.17, 15) is 4.79 Å². The second kappa shape index (κ2) is 8.50. The molecule has 0 bridgehead atoms. The van der Waals surface area contributed by atoms with E-state index in [1.807, 2.05) is 24.3 Å². The summed E-state index contributed by atoms with van der Waals surface area (Å²) in [7, 11) is 0. The normalized spacial score (nSPS) is 12.1. The van der Waals surface area contributed by atoms with E-state index in [2.05, 4.69) is 36.3 Å². The molecule has 0 fully saturated rings. The number of benzene rings is 3. The third-order valence-electron chi connectivity index (χ3n) is 5.14. The van der Waals surface area contributed by atoms with E-state index in [0.717, 1.165) is 23.1 Å². The van der Waals surface area contributed by atoms with Crippen LogP contribution in [-0.4, -0.2) is 10.9 Å². The third-order valence-corrected chi connectivity index (χ3v) is 5.68. The first-order valence-electron chi connectivity index (χ1n) is 9.72. The molecule has 0 aliphatic carbocycles. The van der Waals surface area contributed by atoms with Crippen LogP contribution in [0.2, 0.25) is 10.0 Å². The zero-order chi connectivity index (χ0) is 21.3. The molecule has 3 aromatic carbocycles. The lowest BCUT2D eigenvalue weighted by molar-refractivity contribution is 0.102. The van der Waals surface area contributed by atoms with Crippen molar-refractivity contribution in [2.45, 2.75) is 26.2 Å². The Morgan fingerprint density at radius 1 is 1.10 bits per heavy atom. The highest BCUT2D eigenvalue weighted by Gasteiger charge is 2.14. The number of hydrogen-bond donors (Lipinski definition) is 1. The van der Waals surface area contributed by atoms with Gasteiger partial charge in [0.2, 0.25) is 5.89 Å². The standard InChI is InChI=1S/C24H20Cl2N2O2/c1-3-14(2)15-7-10-22-21(12-15)28-24(30-22)16-5-4-6-18(11-16)27-23(29)19-9-8-17(25)13-20(19)26/h4-14H,3H2,1-2H3,(H,27,29)/t14-/m0/s1. The number of fused-ring (bicyclic) bond motifs is 1. The molecule has 0 aliphatic rings. The number of amides is 1. The average Bonchev–Trinajstić information content (AvgIpc) is 3.16. The summed E-state index contributed by atoms with van der Waals surface area (Å²) in [6, 6.07) is 18.2. The molecule has 4 nitrogen and oxygen atoms in total. The van der Waals surface area contributed by atoms with Crippen molar-refractivity contribution in [3.8, 4) is 11.5 Å². The minimum atomic E-state index is -0.315. The largest absolute Gasteiger partial charge is 0.436 e. The second-order valence-corrected chi connectivity index (χ2v) is 8.06. The summed E-state index contributed by atoms with van der Waals surface area (Å²) in [6.45, 7) is 4.36. The van der Waals surface area contributed by atoms with Crippen molar-refractivity contribution in [2.24, 2.45) is 0 Å². The van der Waals surface area contributed by atoms with E-state index in [1.54, 1.807) is 24.3 Å². The molecular formula is C24H20Cl2N2O2. The van der Waals surface area contributed by atoms with E-state index >= 15 is 0 Å². The molecule has 0 spiro atoms. The minimum absolute atomic E-state index is 0.298. The highest BCUT2D eigenvalue weighted by molar-refractivity contribution is 6.37. The highest BCUT2D eigenvalue weighted by Crippen LogP contribution is 2.29. The number of nitrogens with zero attached hydrogens (tertiary/aromatic N) is 1. The van der Waals surface area contributed by atoms with Gasteiger partial charge in [-0.05, 0) is 66.4 Å². The molecule has 1 aromatic heterocycles. The maximum absolute atomic E-state index is 12.6. The molecular weight excluding hydrogens is 419 g/mol. The van der Waals surface area contributed by atoms with Crippen LogP contribution < -0.4 is 5.32 Å². The fourth-order valence-corrected chi connectivity index (χ4v) is 3.71. The van der Waals surface area contributed by atoms with Gasteiger partial charge in [-0.25, -0.2) is 4.98 Å². The number of carbonyl (C=O) groups excluding carboxylic acids is 1. The van der Waals surface area contributed by atoms with E-state index in [4.69, 9.17) is 27.6 Å². The summed E-state index contributed by atoms with van der Waals surface area (Å²) >= 11 is 12.0. The molecule has 1 atom stereocenters. The molecule has 1 N–H and O–H groups in total. The third kappa shape index (κ3) is 4.20. The Kier molecular flexibility index (Phi) is 5.80. The van der Waals surface area contributed by atoms with Crippen LogP contribution in [-0.2, 0) is 0 Å². The van der Waals surface area contributed by atoms with Crippen molar-refractivity contribution in [3.05, 3.63) is 81.8 Å². The quantitative estimate of drug-likeness (QED) is 0.349. The lowest BCUT2D eigenvalue weighted by atomic mass is 9.98. The summed E-state index contributed by atoms with van der Waals surface area (Å²) in [5.74, 6) is 0.657.